The minimum Gasteiger partial charge on any atom is -0.493 e. The number of aliphatic hydroxyl groups is 1. The quantitative estimate of drug-likeness (QED) is 0.315. The maximum absolute atomic E-state index is 15.1. The van der Waals surface area contributed by atoms with E-state index in [4.69, 9.17) is 14.2 Å². The molecule has 3 N–H and O–H groups in total. The molecule has 0 saturated carbocycles. The van der Waals surface area contributed by atoms with Crippen LogP contribution in [0.2, 0.25) is 0 Å². The van der Waals surface area contributed by atoms with Crippen molar-refractivity contribution in [3.8, 4) is 17.4 Å². The fourth-order valence-corrected chi connectivity index (χ4v) is 4.24. The van der Waals surface area contributed by atoms with Crippen LogP contribution in [-0.4, -0.2) is 58.3 Å². The van der Waals surface area contributed by atoms with Gasteiger partial charge in [0.2, 0.25) is 5.88 Å². The number of rotatable bonds is 8. The summed E-state index contributed by atoms with van der Waals surface area (Å²) < 4.78 is 31.8. The smallest absolute Gasteiger partial charge is 0.219 e. The molecular formula is C26H25FN4O5. The Morgan fingerprint density at radius 3 is 2.83 bits per heavy atom. The summed E-state index contributed by atoms with van der Waals surface area (Å²) in [7, 11) is 1.52. The van der Waals surface area contributed by atoms with E-state index in [-0.39, 0.29) is 35.6 Å². The lowest BCUT2D eigenvalue weighted by Crippen LogP contribution is -2.36. The van der Waals surface area contributed by atoms with Gasteiger partial charge in [0.25, 0.3) is 0 Å². The van der Waals surface area contributed by atoms with E-state index in [1.807, 2.05) is 0 Å². The third kappa shape index (κ3) is 4.73. The zero-order chi connectivity index (χ0) is 25.1. The van der Waals surface area contributed by atoms with Crippen LogP contribution in [0, 0.1) is 5.82 Å². The van der Waals surface area contributed by atoms with Crippen molar-refractivity contribution in [3.63, 3.8) is 0 Å². The number of anilines is 1. The zero-order valence-corrected chi connectivity index (χ0v) is 19.5. The van der Waals surface area contributed by atoms with Gasteiger partial charge in [-0.05, 0) is 31.0 Å². The number of pyridine rings is 2. The van der Waals surface area contributed by atoms with Gasteiger partial charge in [-0.3, -0.25) is 4.79 Å². The Labute approximate surface area is 206 Å². The Hall–Kier alpha value is -4.02. The van der Waals surface area contributed by atoms with E-state index >= 15 is 4.39 Å². The lowest BCUT2D eigenvalue weighted by atomic mass is 10.0. The molecular weight excluding hydrogens is 467 g/mol. The second-order valence-corrected chi connectivity index (χ2v) is 8.42. The van der Waals surface area contributed by atoms with Crippen LogP contribution in [-0.2, 0) is 4.74 Å². The SMILES string of the molecule is COc1cnc2[nH]cc(C(=O)c3ccc(Oc4ccccn4)cc3F)c2c1N[C@@H]1CC[C@@H](CO)OC1. The van der Waals surface area contributed by atoms with Crippen LogP contribution < -0.4 is 14.8 Å². The Balaban J connectivity index is 1.46. The molecule has 0 aliphatic carbocycles. The number of nitrogens with one attached hydrogen (secondary N) is 2. The molecule has 1 aliphatic rings. The number of fused-ring (bicyclic) bond motifs is 1. The van der Waals surface area contributed by atoms with E-state index < -0.39 is 11.6 Å². The van der Waals surface area contributed by atoms with E-state index in [0.29, 0.717) is 41.4 Å². The minimum absolute atomic E-state index is 0.0245. The topological polar surface area (TPSA) is 119 Å². The summed E-state index contributed by atoms with van der Waals surface area (Å²) in [6.45, 7) is 0.363. The number of hydrogen-bond donors (Lipinski definition) is 3. The van der Waals surface area contributed by atoms with Crippen LogP contribution in [0.4, 0.5) is 10.1 Å². The first kappa shape index (κ1) is 23.7. The summed E-state index contributed by atoms with van der Waals surface area (Å²) in [6, 6.07) is 9.16. The molecule has 186 valence electrons. The highest BCUT2D eigenvalue weighted by Gasteiger charge is 2.26. The summed E-state index contributed by atoms with van der Waals surface area (Å²) in [5.74, 6) is -0.241. The molecule has 4 heterocycles. The van der Waals surface area contributed by atoms with Crippen LogP contribution in [0.25, 0.3) is 11.0 Å². The molecule has 9 nitrogen and oxygen atoms in total. The van der Waals surface area contributed by atoms with E-state index in [1.54, 1.807) is 30.6 Å². The van der Waals surface area contributed by atoms with Crippen LogP contribution in [0.3, 0.4) is 0 Å². The first-order valence-electron chi connectivity index (χ1n) is 11.5. The molecule has 1 aromatic carbocycles. The number of hydrogen-bond acceptors (Lipinski definition) is 8. The van der Waals surface area contributed by atoms with E-state index in [2.05, 4.69) is 20.3 Å². The average Bonchev–Trinajstić information content (AvgIpc) is 3.34. The Kier molecular flexibility index (Phi) is 6.79. The predicted molar refractivity (Wildman–Crippen MR) is 130 cm³/mol. The number of nitrogens with zero attached hydrogens (tertiary/aromatic N) is 2. The summed E-state index contributed by atoms with van der Waals surface area (Å²) >= 11 is 0. The number of aromatic nitrogens is 3. The van der Waals surface area contributed by atoms with E-state index in [0.717, 1.165) is 12.5 Å². The van der Waals surface area contributed by atoms with Crippen molar-refractivity contribution in [3.05, 3.63) is 71.9 Å². The molecule has 0 amide bonds. The minimum atomic E-state index is -0.719. The summed E-state index contributed by atoms with van der Waals surface area (Å²) in [4.78, 5) is 24.9. The molecule has 1 aliphatic heterocycles. The highest BCUT2D eigenvalue weighted by atomic mass is 19.1. The maximum Gasteiger partial charge on any atom is 0.219 e. The molecule has 4 aromatic rings. The van der Waals surface area contributed by atoms with Crippen LogP contribution in [0.5, 0.6) is 17.4 Å². The molecule has 1 saturated heterocycles. The van der Waals surface area contributed by atoms with Crippen molar-refractivity contribution >= 4 is 22.5 Å². The summed E-state index contributed by atoms with van der Waals surface area (Å²) in [6.07, 6.45) is 5.92. The van der Waals surface area contributed by atoms with Crippen molar-refractivity contribution in [1.29, 1.82) is 0 Å². The van der Waals surface area contributed by atoms with Crippen LogP contribution in [0.15, 0.2) is 55.0 Å². The first-order valence-corrected chi connectivity index (χ1v) is 11.5. The molecule has 0 unspecified atom stereocenters. The number of ether oxygens (including phenoxy) is 3. The number of carbonyl (C=O) groups excluding carboxylic acids is 1. The van der Waals surface area contributed by atoms with Crippen molar-refractivity contribution in [1.82, 2.24) is 15.0 Å². The molecule has 5 rings (SSSR count). The zero-order valence-electron chi connectivity index (χ0n) is 19.5. The van der Waals surface area contributed by atoms with Gasteiger partial charge in [0.1, 0.15) is 17.2 Å². The fraction of sp³-hybridized carbons (Fsp3) is 0.269. The average molecular weight is 493 g/mol. The van der Waals surface area contributed by atoms with Crippen molar-refractivity contribution in [2.75, 3.05) is 25.6 Å². The lowest BCUT2D eigenvalue weighted by Gasteiger charge is -2.29. The normalized spacial score (nSPS) is 17.6. The Morgan fingerprint density at radius 1 is 1.25 bits per heavy atom. The van der Waals surface area contributed by atoms with Crippen molar-refractivity contribution < 1.29 is 28.5 Å². The molecule has 0 radical (unpaired) electrons. The number of aliphatic hydroxyl groups excluding tert-OH is 1. The van der Waals surface area contributed by atoms with Gasteiger partial charge in [-0.25, -0.2) is 14.4 Å². The molecule has 3 aromatic heterocycles. The predicted octanol–water partition coefficient (Wildman–Crippen LogP) is 4.08. The number of aromatic amines is 1. The maximum atomic E-state index is 15.1. The van der Waals surface area contributed by atoms with Gasteiger partial charge in [0.15, 0.2) is 11.5 Å². The largest absolute Gasteiger partial charge is 0.493 e. The number of H-pyrrole nitrogens is 1. The van der Waals surface area contributed by atoms with Crippen LogP contribution >= 0.6 is 0 Å². The number of carbonyl (C=O) groups is 1. The highest BCUT2D eigenvalue weighted by Crippen LogP contribution is 2.36. The third-order valence-corrected chi connectivity index (χ3v) is 6.10. The second kappa shape index (κ2) is 10.3. The first-order chi connectivity index (χ1) is 17.6. The third-order valence-electron chi connectivity index (χ3n) is 6.10. The van der Waals surface area contributed by atoms with Gasteiger partial charge in [0, 0.05) is 30.6 Å². The van der Waals surface area contributed by atoms with E-state index in [1.165, 1.54) is 25.4 Å². The van der Waals surface area contributed by atoms with E-state index in [9.17, 15) is 9.90 Å². The molecule has 1 fully saturated rings. The summed E-state index contributed by atoms with van der Waals surface area (Å²) in [5.41, 5.74) is 1.17. The van der Waals surface area contributed by atoms with Gasteiger partial charge in [-0.2, -0.15) is 0 Å². The van der Waals surface area contributed by atoms with Crippen LogP contribution in [0.1, 0.15) is 28.8 Å². The van der Waals surface area contributed by atoms with Gasteiger partial charge in [-0.15, -0.1) is 0 Å². The molecule has 2 atom stereocenters. The standard InChI is InChI=1S/C26H25FN4O5/c1-34-21-12-30-26-23(24(21)31-15-5-6-17(13-32)35-14-15)19(11-29-26)25(33)18-8-7-16(10-20(18)27)36-22-4-2-3-9-28-22/h2-4,7-12,15,17,32H,5-6,13-14H2,1H3,(H2,29,30,31)/t15-,17+/m1/s1. The van der Waals surface area contributed by atoms with Gasteiger partial charge in [0.05, 0.1) is 54.8 Å². The van der Waals surface area contributed by atoms with Gasteiger partial charge >= 0.3 is 0 Å². The van der Waals surface area contributed by atoms with Gasteiger partial charge < -0.3 is 29.6 Å². The number of halogens is 1. The Morgan fingerprint density at radius 2 is 2.14 bits per heavy atom. The Bertz CT molecular complexity index is 1370. The number of methoxy groups -OCH3 is 1. The van der Waals surface area contributed by atoms with Crippen molar-refractivity contribution in [2.45, 2.75) is 25.0 Å². The molecule has 10 heteroatoms. The fourth-order valence-electron chi connectivity index (χ4n) is 4.24. The number of benzene rings is 1. The highest BCUT2D eigenvalue weighted by molar-refractivity contribution is 6.19. The molecule has 0 bridgehead atoms. The lowest BCUT2D eigenvalue weighted by molar-refractivity contribution is -0.0223. The molecule has 36 heavy (non-hydrogen) atoms. The monoisotopic (exact) mass is 492 g/mol. The number of ketones is 1. The molecule has 0 spiro atoms. The van der Waals surface area contributed by atoms with Gasteiger partial charge in [-0.1, -0.05) is 6.07 Å². The van der Waals surface area contributed by atoms with Crippen molar-refractivity contribution in [2.24, 2.45) is 0 Å². The second-order valence-electron chi connectivity index (χ2n) is 8.42. The summed E-state index contributed by atoms with van der Waals surface area (Å²) in [5, 5.41) is 13.2.